The van der Waals surface area contributed by atoms with Gasteiger partial charge in [-0.25, -0.2) is 0 Å². The van der Waals surface area contributed by atoms with Gasteiger partial charge in [0.2, 0.25) is 5.82 Å². The van der Waals surface area contributed by atoms with Gasteiger partial charge in [-0.05, 0) is 31.4 Å². The third-order valence-corrected chi connectivity index (χ3v) is 4.55. The van der Waals surface area contributed by atoms with Crippen LogP contribution in [0.4, 0.5) is 5.00 Å². The maximum Gasteiger partial charge on any atom is 0.268 e. The van der Waals surface area contributed by atoms with E-state index in [9.17, 15) is 0 Å². The van der Waals surface area contributed by atoms with Crippen molar-refractivity contribution in [2.45, 2.75) is 39.2 Å². The van der Waals surface area contributed by atoms with Crippen LogP contribution < -0.4 is 5.73 Å². The van der Waals surface area contributed by atoms with E-state index in [1.54, 1.807) is 7.11 Å². The van der Waals surface area contributed by atoms with Gasteiger partial charge in [-0.3, -0.25) is 0 Å². The first-order valence-electron chi connectivity index (χ1n) is 6.32. The molecule has 2 aromatic rings. The SMILES string of the molecule is CCC(CC)(OC)c1noc(-c2sc(N)cc2C)n1. The zero-order valence-electron chi connectivity index (χ0n) is 11.7. The van der Waals surface area contributed by atoms with Gasteiger partial charge < -0.3 is 15.0 Å². The highest BCUT2D eigenvalue weighted by atomic mass is 32.1. The summed E-state index contributed by atoms with van der Waals surface area (Å²) < 4.78 is 11.0. The van der Waals surface area contributed by atoms with Crippen LogP contribution in [0.25, 0.3) is 10.8 Å². The van der Waals surface area contributed by atoms with E-state index in [1.165, 1.54) is 11.3 Å². The van der Waals surface area contributed by atoms with Gasteiger partial charge in [-0.1, -0.05) is 19.0 Å². The summed E-state index contributed by atoms with van der Waals surface area (Å²) in [4.78, 5) is 5.42. The molecule has 2 aromatic heterocycles. The molecule has 19 heavy (non-hydrogen) atoms. The Morgan fingerprint density at radius 3 is 2.58 bits per heavy atom. The summed E-state index contributed by atoms with van der Waals surface area (Å²) in [5.74, 6) is 1.11. The van der Waals surface area contributed by atoms with Gasteiger partial charge in [0.1, 0.15) is 5.60 Å². The Kier molecular flexibility index (Phi) is 3.91. The number of nitrogens with zero attached hydrogens (tertiary/aromatic N) is 2. The Bertz CT molecular complexity index is 550. The standard InChI is InChI=1S/C13H19N3O2S/c1-5-13(6-2,17-4)12-15-11(18-16-12)10-8(3)7-9(14)19-10/h7H,5-6,14H2,1-4H3. The Labute approximate surface area is 116 Å². The third kappa shape index (κ3) is 2.37. The molecule has 0 saturated heterocycles. The van der Waals surface area contributed by atoms with Crippen LogP contribution >= 0.6 is 11.3 Å². The second-order valence-electron chi connectivity index (χ2n) is 4.49. The van der Waals surface area contributed by atoms with Crippen LogP contribution in [0.2, 0.25) is 0 Å². The molecular formula is C13H19N3O2S. The number of anilines is 1. The number of nitrogens with two attached hydrogens (primary N) is 1. The summed E-state index contributed by atoms with van der Waals surface area (Å²) in [5.41, 5.74) is 6.37. The lowest BCUT2D eigenvalue weighted by Crippen LogP contribution is -2.28. The molecule has 6 heteroatoms. The average molecular weight is 281 g/mol. The number of aromatic nitrogens is 2. The molecule has 5 nitrogen and oxygen atoms in total. The molecule has 0 saturated carbocycles. The lowest BCUT2D eigenvalue weighted by Gasteiger charge is -2.25. The molecule has 104 valence electrons. The highest BCUT2D eigenvalue weighted by Crippen LogP contribution is 2.36. The van der Waals surface area contributed by atoms with Crippen molar-refractivity contribution < 1.29 is 9.26 Å². The third-order valence-electron chi connectivity index (χ3n) is 3.50. The fourth-order valence-electron chi connectivity index (χ4n) is 2.17. The van der Waals surface area contributed by atoms with Crippen LogP contribution in [0.15, 0.2) is 10.6 Å². The highest BCUT2D eigenvalue weighted by Gasteiger charge is 2.34. The number of methoxy groups -OCH3 is 1. The van der Waals surface area contributed by atoms with Crippen LogP contribution in [-0.2, 0) is 10.3 Å². The number of hydrogen-bond acceptors (Lipinski definition) is 6. The van der Waals surface area contributed by atoms with E-state index >= 15 is 0 Å². The molecule has 0 aliphatic rings. The summed E-state index contributed by atoms with van der Waals surface area (Å²) in [6.45, 7) is 6.09. The van der Waals surface area contributed by atoms with Crippen LogP contribution in [0.3, 0.4) is 0 Å². The molecule has 2 rings (SSSR count). The van der Waals surface area contributed by atoms with Crippen LogP contribution in [-0.4, -0.2) is 17.3 Å². The summed E-state index contributed by atoms with van der Waals surface area (Å²) in [5, 5.41) is 4.83. The minimum absolute atomic E-state index is 0.474. The molecule has 2 N–H and O–H groups in total. The van der Waals surface area contributed by atoms with Crippen molar-refractivity contribution >= 4 is 16.3 Å². The maximum atomic E-state index is 5.79. The highest BCUT2D eigenvalue weighted by molar-refractivity contribution is 7.19. The Morgan fingerprint density at radius 2 is 2.11 bits per heavy atom. The molecule has 0 bridgehead atoms. The predicted octanol–water partition coefficient (Wildman–Crippen LogP) is 3.35. The molecule has 2 heterocycles. The first-order chi connectivity index (χ1) is 9.06. The monoisotopic (exact) mass is 281 g/mol. The quantitative estimate of drug-likeness (QED) is 0.909. The zero-order chi connectivity index (χ0) is 14.0. The second kappa shape index (κ2) is 5.30. The van der Waals surface area contributed by atoms with Gasteiger partial charge >= 0.3 is 0 Å². The molecular weight excluding hydrogens is 262 g/mol. The van der Waals surface area contributed by atoms with Crippen molar-refractivity contribution in [3.05, 3.63) is 17.5 Å². The minimum atomic E-state index is -0.474. The minimum Gasteiger partial charge on any atom is -0.391 e. The van der Waals surface area contributed by atoms with Crippen LogP contribution in [0.5, 0.6) is 0 Å². The molecule has 0 fully saturated rings. The van der Waals surface area contributed by atoms with Gasteiger partial charge in [0, 0.05) is 7.11 Å². The van der Waals surface area contributed by atoms with Crippen molar-refractivity contribution in [1.29, 1.82) is 0 Å². The van der Waals surface area contributed by atoms with Gasteiger partial charge in [0.05, 0.1) is 9.88 Å². The van der Waals surface area contributed by atoms with Crippen molar-refractivity contribution in [3.63, 3.8) is 0 Å². The zero-order valence-corrected chi connectivity index (χ0v) is 12.5. The van der Waals surface area contributed by atoms with Crippen LogP contribution in [0, 0.1) is 6.92 Å². The Balaban J connectivity index is 2.41. The topological polar surface area (TPSA) is 74.2 Å². The Hall–Kier alpha value is -1.40. The number of thiophene rings is 1. The van der Waals surface area contributed by atoms with Crippen molar-refractivity contribution in [2.75, 3.05) is 12.8 Å². The van der Waals surface area contributed by atoms with E-state index < -0.39 is 5.60 Å². The van der Waals surface area contributed by atoms with Gasteiger partial charge in [-0.2, -0.15) is 4.98 Å². The number of rotatable bonds is 5. The first kappa shape index (κ1) is 14.0. The molecule has 0 amide bonds. The molecule has 0 radical (unpaired) electrons. The maximum absolute atomic E-state index is 5.79. The Morgan fingerprint density at radius 1 is 1.42 bits per heavy atom. The number of nitrogen functional groups attached to an aromatic ring is 1. The van der Waals surface area contributed by atoms with E-state index in [-0.39, 0.29) is 0 Å². The number of hydrogen-bond donors (Lipinski definition) is 1. The predicted molar refractivity (Wildman–Crippen MR) is 76.0 cm³/mol. The fraction of sp³-hybridized carbons (Fsp3) is 0.538. The molecule has 0 atom stereocenters. The molecule has 0 aliphatic heterocycles. The fourth-order valence-corrected chi connectivity index (χ4v) is 3.03. The summed E-state index contributed by atoms with van der Waals surface area (Å²) in [6, 6.07) is 1.91. The first-order valence-corrected chi connectivity index (χ1v) is 7.13. The van der Waals surface area contributed by atoms with E-state index in [1.807, 2.05) is 13.0 Å². The molecule has 0 spiro atoms. The van der Waals surface area contributed by atoms with E-state index in [2.05, 4.69) is 24.0 Å². The molecule has 0 aliphatic carbocycles. The van der Waals surface area contributed by atoms with Crippen molar-refractivity contribution in [1.82, 2.24) is 10.1 Å². The molecule has 0 unspecified atom stereocenters. The van der Waals surface area contributed by atoms with E-state index in [0.29, 0.717) is 11.7 Å². The molecule has 0 aromatic carbocycles. The van der Waals surface area contributed by atoms with E-state index in [0.717, 1.165) is 28.3 Å². The normalized spacial score (nSPS) is 12.0. The van der Waals surface area contributed by atoms with Gasteiger partial charge in [0.15, 0.2) is 0 Å². The summed E-state index contributed by atoms with van der Waals surface area (Å²) in [6.07, 6.45) is 1.59. The van der Waals surface area contributed by atoms with Crippen LogP contribution in [0.1, 0.15) is 38.1 Å². The summed E-state index contributed by atoms with van der Waals surface area (Å²) >= 11 is 1.45. The summed E-state index contributed by atoms with van der Waals surface area (Å²) in [7, 11) is 1.68. The van der Waals surface area contributed by atoms with Crippen molar-refractivity contribution in [3.8, 4) is 10.8 Å². The van der Waals surface area contributed by atoms with Crippen molar-refractivity contribution in [2.24, 2.45) is 0 Å². The van der Waals surface area contributed by atoms with Gasteiger partial charge in [0.25, 0.3) is 5.89 Å². The smallest absolute Gasteiger partial charge is 0.268 e. The number of ether oxygens (including phenoxy) is 1. The lowest BCUT2D eigenvalue weighted by molar-refractivity contribution is -0.0306. The van der Waals surface area contributed by atoms with E-state index in [4.69, 9.17) is 15.0 Å². The van der Waals surface area contributed by atoms with Gasteiger partial charge in [-0.15, -0.1) is 11.3 Å². The lowest BCUT2D eigenvalue weighted by atomic mass is 9.96. The second-order valence-corrected chi connectivity index (χ2v) is 5.57. The average Bonchev–Trinajstić information content (AvgIpc) is 2.99. The number of aryl methyl sites for hydroxylation is 1. The largest absolute Gasteiger partial charge is 0.391 e.